The number of aliphatic hydroxyl groups is 1. The van der Waals surface area contributed by atoms with Gasteiger partial charge >= 0.3 is 0 Å². The van der Waals surface area contributed by atoms with Gasteiger partial charge in [0.15, 0.2) is 23.0 Å². The molecule has 0 radical (unpaired) electrons. The Balaban J connectivity index is 2.18. The minimum absolute atomic E-state index is 0.0559. The number of benzene rings is 3. The summed E-state index contributed by atoms with van der Waals surface area (Å²) in [5.74, 6) is 2.90. The molecule has 0 spiro atoms. The van der Waals surface area contributed by atoms with Crippen molar-refractivity contribution in [1.82, 2.24) is 0 Å². The highest BCUT2D eigenvalue weighted by atomic mass is 16.5. The topological polar surface area (TPSA) is 66.4 Å². The molecule has 170 valence electrons. The normalized spacial score (nSPS) is 11.7. The monoisotopic (exact) mass is 438 g/mol. The van der Waals surface area contributed by atoms with Crippen LogP contribution in [0.1, 0.15) is 28.5 Å². The van der Waals surface area contributed by atoms with Crippen LogP contribution in [0.25, 0.3) is 0 Å². The van der Waals surface area contributed by atoms with Crippen LogP contribution in [-0.2, 0) is 0 Å². The Bertz CT molecular complexity index is 960. The van der Waals surface area contributed by atoms with E-state index in [2.05, 4.69) is 0 Å². The number of rotatable bonds is 10. The third kappa shape index (κ3) is 4.75. The fraction of sp³-hybridized carbons (Fsp3) is 0.308. The van der Waals surface area contributed by atoms with Gasteiger partial charge in [0, 0.05) is 11.8 Å². The van der Waals surface area contributed by atoms with Crippen LogP contribution in [0.5, 0.6) is 28.7 Å². The molecule has 32 heavy (non-hydrogen) atoms. The molecule has 0 aliphatic heterocycles. The van der Waals surface area contributed by atoms with Gasteiger partial charge < -0.3 is 28.8 Å². The number of methoxy groups -OCH3 is 5. The van der Waals surface area contributed by atoms with Crippen LogP contribution in [0, 0.1) is 0 Å². The molecule has 0 saturated carbocycles. The Labute approximate surface area is 189 Å². The van der Waals surface area contributed by atoms with Gasteiger partial charge in [0.25, 0.3) is 0 Å². The van der Waals surface area contributed by atoms with Crippen LogP contribution in [-0.4, -0.2) is 47.3 Å². The molecular formula is C26H30O6. The summed E-state index contributed by atoms with van der Waals surface area (Å²) in [7, 11) is 8.07. The molecule has 0 heterocycles. The van der Waals surface area contributed by atoms with E-state index in [0.29, 0.717) is 23.0 Å². The van der Waals surface area contributed by atoms with E-state index in [1.807, 2.05) is 60.7 Å². The van der Waals surface area contributed by atoms with E-state index in [0.717, 1.165) is 22.4 Å². The third-order valence-electron chi connectivity index (χ3n) is 5.68. The predicted octanol–water partition coefficient (Wildman–Crippen LogP) is 4.64. The molecular weight excluding hydrogens is 408 g/mol. The zero-order valence-electron chi connectivity index (χ0n) is 19.1. The van der Waals surface area contributed by atoms with Crippen molar-refractivity contribution in [3.8, 4) is 28.7 Å². The Morgan fingerprint density at radius 3 is 1.38 bits per heavy atom. The molecule has 3 rings (SSSR count). The van der Waals surface area contributed by atoms with Crippen molar-refractivity contribution in [1.29, 1.82) is 0 Å². The second kappa shape index (κ2) is 10.8. The second-order valence-corrected chi connectivity index (χ2v) is 7.27. The maximum absolute atomic E-state index is 10.5. The largest absolute Gasteiger partial charge is 0.497 e. The molecule has 6 heteroatoms. The number of hydrogen-bond donors (Lipinski definition) is 1. The average Bonchev–Trinajstić information content (AvgIpc) is 2.86. The highest BCUT2D eigenvalue weighted by Crippen LogP contribution is 2.43. The lowest BCUT2D eigenvalue weighted by molar-refractivity contribution is 0.254. The molecule has 6 nitrogen and oxygen atoms in total. The van der Waals surface area contributed by atoms with Crippen LogP contribution in [0.4, 0.5) is 0 Å². The summed E-state index contributed by atoms with van der Waals surface area (Å²) in [5.41, 5.74) is 2.94. The Kier molecular flexibility index (Phi) is 7.84. The van der Waals surface area contributed by atoms with E-state index < -0.39 is 0 Å². The minimum Gasteiger partial charge on any atom is -0.497 e. The van der Waals surface area contributed by atoms with E-state index >= 15 is 0 Å². The summed E-state index contributed by atoms with van der Waals surface area (Å²) >= 11 is 0. The van der Waals surface area contributed by atoms with Crippen molar-refractivity contribution < 1.29 is 28.8 Å². The zero-order valence-corrected chi connectivity index (χ0v) is 19.1. The maximum Gasteiger partial charge on any atom is 0.161 e. The molecule has 0 amide bonds. The first-order chi connectivity index (χ1) is 15.6. The summed E-state index contributed by atoms with van der Waals surface area (Å²) in [6.45, 7) is -0.0559. The van der Waals surface area contributed by atoms with Crippen molar-refractivity contribution in [3.05, 3.63) is 77.4 Å². The van der Waals surface area contributed by atoms with Crippen molar-refractivity contribution in [3.63, 3.8) is 0 Å². The van der Waals surface area contributed by atoms with Gasteiger partial charge in [-0.1, -0.05) is 24.3 Å². The molecule has 3 aromatic carbocycles. The van der Waals surface area contributed by atoms with Gasteiger partial charge in [-0.15, -0.1) is 0 Å². The van der Waals surface area contributed by atoms with Crippen molar-refractivity contribution >= 4 is 0 Å². The van der Waals surface area contributed by atoms with E-state index in [1.54, 1.807) is 35.5 Å². The Morgan fingerprint density at radius 2 is 1.00 bits per heavy atom. The minimum atomic E-state index is -0.225. The summed E-state index contributed by atoms with van der Waals surface area (Å²) in [6, 6.07) is 19.4. The summed E-state index contributed by atoms with van der Waals surface area (Å²) in [5, 5.41) is 10.5. The van der Waals surface area contributed by atoms with Crippen LogP contribution in [0.15, 0.2) is 60.7 Å². The first kappa shape index (κ1) is 23.3. The fourth-order valence-corrected chi connectivity index (χ4v) is 4.00. The van der Waals surface area contributed by atoms with Gasteiger partial charge in [-0.25, -0.2) is 0 Å². The van der Waals surface area contributed by atoms with Crippen molar-refractivity contribution in [2.45, 2.75) is 11.8 Å². The van der Waals surface area contributed by atoms with Crippen molar-refractivity contribution in [2.24, 2.45) is 0 Å². The molecule has 0 aliphatic rings. The second-order valence-electron chi connectivity index (χ2n) is 7.27. The fourth-order valence-electron chi connectivity index (χ4n) is 4.00. The molecule has 0 bridgehead atoms. The van der Waals surface area contributed by atoms with Gasteiger partial charge in [0.2, 0.25) is 0 Å². The van der Waals surface area contributed by atoms with Gasteiger partial charge in [-0.05, 0) is 53.1 Å². The summed E-state index contributed by atoms with van der Waals surface area (Å²) in [6.07, 6.45) is 0. The lowest BCUT2D eigenvalue weighted by Gasteiger charge is -2.28. The number of ether oxygens (including phenoxy) is 5. The number of aliphatic hydroxyl groups excluding tert-OH is 1. The smallest absolute Gasteiger partial charge is 0.161 e. The Morgan fingerprint density at radius 1 is 0.562 bits per heavy atom. The van der Waals surface area contributed by atoms with E-state index in [-0.39, 0.29) is 18.4 Å². The van der Waals surface area contributed by atoms with Crippen LogP contribution < -0.4 is 23.7 Å². The number of hydrogen-bond acceptors (Lipinski definition) is 6. The SMILES string of the molecule is COc1ccc(C(CO)C(c2ccc(OC)c(OC)c2)c2ccc(OC)c(OC)c2)cc1. The third-order valence-corrected chi connectivity index (χ3v) is 5.68. The molecule has 0 fully saturated rings. The maximum atomic E-state index is 10.5. The lowest BCUT2D eigenvalue weighted by Crippen LogP contribution is -2.17. The first-order valence-electron chi connectivity index (χ1n) is 10.3. The standard InChI is InChI=1S/C26H30O6/c1-28-20-10-6-17(7-11-20)21(16-27)26(18-8-12-22(29-2)24(14-18)31-4)19-9-13-23(30-3)25(15-19)32-5/h6-15,21,26-27H,16H2,1-5H3. The van der Waals surface area contributed by atoms with E-state index in [9.17, 15) is 5.11 Å². The average molecular weight is 439 g/mol. The van der Waals surface area contributed by atoms with Gasteiger partial charge in [-0.2, -0.15) is 0 Å². The lowest BCUT2D eigenvalue weighted by atomic mass is 9.77. The molecule has 0 aromatic heterocycles. The Hall–Kier alpha value is -3.38. The van der Waals surface area contributed by atoms with E-state index in [4.69, 9.17) is 23.7 Å². The molecule has 1 unspecified atom stereocenters. The molecule has 3 aromatic rings. The zero-order chi connectivity index (χ0) is 23.1. The molecule has 1 N–H and O–H groups in total. The molecule has 0 aliphatic carbocycles. The van der Waals surface area contributed by atoms with Crippen LogP contribution in [0.2, 0.25) is 0 Å². The quantitative estimate of drug-likeness (QED) is 0.498. The summed E-state index contributed by atoms with van der Waals surface area (Å²) < 4.78 is 27.2. The van der Waals surface area contributed by atoms with Gasteiger partial charge in [0.05, 0.1) is 42.2 Å². The van der Waals surface area contributed by atoms with Crippen LogP contribution >= 0.6 is 0 Å². The highest BCUT2D eigenvalue weighted by Gasteiger charge is 2.28. The highest BCUT2D eigenvalue weighted by molar-refractivity contribution is 5.51. The van der Waals surface area contributed by atoms with E-state index in [1.165, 1.54) is 0 Å². The first-order valence-corrected chi connectivity index (χ1v) is 10.3. The predicted molar refractivity (Wildman–Crippen MR) is 124 cm³/mol. The van der Waals surface area contributed by atoms with Crippen molar-refractivity contribution in [2.75, 3.05) is 42.2 Å². The van der Waals surface area contributed by atoms with Crippen LogP contribution in [0.3, 0.4) is 0 Å². The summed E-state index contributed by atoms with van der Waals surface area (Å²) in [4.78, 5) is 0. The molecule has 0 saturated heterocycles. The van der Waals surface area contributed by atoms with Gasteiger partial charge in [-0.3, -0.25) is 0 Å². The molecule has 1 atom stereocenters. The van der Waals surface area contributed by atoms with Gasteiger partial charge in [0.1, 0.15) is 5.75 Å².